The van der Waals surface area contributed by atoms with Gasteiger partial charge < -0.3 is 10.1 Å². The summed E-state index contributed by atoms with van der Waals surface area (Å²) < 4.78 is 6.65. The summed E-state index contributed by atoms with van der Waals surface area (Å²) in [5.74, 6) is -0.154. The Hall–Kier alpha value is -3.67. The van der Waals surface area contributed by atoms with Crippen LogP contribution in [0.1, 0.15) is 16.7 Å². The van der Waals surface area contributed by atoms with Crippen LogP contribution in [0.5, 0.6) is 5.75 Å². The third kappa shape index (κ3) is 6.42. The predicted octanol–water partition coefficient (Wildman–Crippen LogP) is 6.44. The second kappa shape index (κ2) is 10.8. The summed E-state index contributed by atoms with van der Waals surface area (Å²) in [5, 5.41) is 23.7. The number of hydrogen-bond acceptors (Lipinski definition) is 5. The van der Waals surface area contributed by atoms with Gasteiger partial charge in [0, 0.05) is 32.9 Å². The van der Waals surface area contributed by atoms with E-state index in [-0.39, 0.29) is 17.9 Å². The highest BCUT2D eigenvalue weighted by Gasteiger charge is 2.15. The van der Waals surface area contributed by atoms with Crippen molar-refractivity contribution >= 4 is 50.9 Å². The summed E-state index contributed by atoms with van der Waals surface area (Å²) in [6, 6.07) is 18.5. The van der Waals surface area contributed by atoms with Gasteiger partial charge in [-0.3, -0.25) is 14.9 Å². The number of nitro groups is 1. The highest BCUT2D eigenvalue weighted by Crippen LogP contribution is 2.27. The molecular formula is C24H17BrClN3O4. The van der Waals surface area contributed by atoms with Crippen LogP contribution in [0.25, 0.3) is 6.08 Å². The van der Waals surface area contributed by atoms with E-state index in [0.717, 1.165) is 10.0 Å². The standard InChI is InChI=1S/C24H17BrClN3O4/c1-15-10-21(29(31)32)7-8-22(15)28-24(30)18(13-27)11-17-12-19(25)4-9-23(17)33-14-16-2-5-20(26)6-3-16/h2-12H,14H2,1H3,(H,28,30). The van der Waals surface area contributed by atoms with Crippen LogP contribution in [0.3, 0.4) is 0 Å². The Balaban J connectivity index is 1.83. The third-order valence-electron chi connectivity index (χ3n) is 4.61. The molecule has 3 aromatic carbocycles. The van der Waals surface area contributed by atoms with E-state index in [9.17, 15) is 20.2 Å². The number of carbonyl (C=O) groups is 1. The number of non-ortho nitro benzene ring substituents is 1. The molecule has 0 saturated heterocycles. The number of carbonyl (C=O) groups excluding carboxylic acids is 1. The van der Waals surface area contributed by atoms with Crippen molar-refractivity contribution in [2.75, 3.05) is 5.32 Å². The molecule has 3 rings (SSSR count). The molecule has 0 saturated carbocycles. The van der Waals surface area contributed by atoms with Gasteiger partial charge in [-0.25, -0.2) is 0 Å². The van der Waals surface area contributed by atoms with Crippen molar-refractivity contribution in [1.29, 1.82) is 5.26 Å². The quantitative estimate of drug-likeness (QED) is 0.165. The zero-order chi connectivity index (χ0) is 24.0. The molecule has 0 aliphatic carbocycles. The van der Waals surface area contributed by atoms with E-state index in [1.807, 2.05) is 18.2 Å². The van der Waals surface area contributed by atoms with Gasteiger partial charge in [-0.05, 0) is 60.5 Å². The molecule has 0 aliphatic heterocycles. The molecule has 0 aliphatic rings. The van der Waals surface area contributed by atoms with Crippen molar-refractivity contribution in [2.24, 2.45) is 0 Å². The molecule has 0 radical (unpaired) electrons. The van der Waals surface area contributed by atoms with Gasteiger partial charge in [0.2, 0.25) is 0 Å². The Morgan fingerprint density at radius 3 is 2.58 bits per heavy atom. The largest absolute Gasteiger partial charge is 0.488 e. The minimum absolute atomic E-state index is 0.0850. The lowest BCUT2D eigenvalue weighted by atomic mass is 10.1. The zero-order valence-corrected chi connectivity index (χ0v) is 19.7. The fourth-order valence-electron chi connectivity index (χ4n) is 2.90. The van der Waals surface area contributed by atoms with Gasteiger partial charge in [-0.15, -0.1) is 0 Å². The minimum Gasteiger partial charge on any atom is -0.488 e. The Morgan fingerprint density at radius 1 is 1.21 bits per heavy atom. The van der Waals surface area contributed by atoms with Gasteiger partial charge in [0.15, 0.2) is 0 Å². The second-order valence-corrected chi connectivity index (χ2v) is 8.33. The van der Waals surface area contributed by atoms with Gasteiger partial charge in [0.1, 0.15) is 24.0 Å². The number of nitrogens with zero attached hydrogens (tertiary/aromatic N) is 2. The van der Waals surface area contributed by atoms with Crippen LogP contribution in [-0.2, 0) is 11.4 Å². The SMILES string of the molecule is Cc1cc([N+](=O)[O-])ccc1NC(=O)C(C#N)=Cc1cc(Br)ccc1OCc1ccc(Cl)cc1. The molecule has 0 fully saturated rings. The van der Waals surface area contributed by atoms with Crippen LogP contribution in [0, 0.1) is 28.4 Å². The summed E-state index contributed by atoms with van der Waals surface area (Å²) in [7, 11) is 0. The molecule has 0 atom stereocenters. The lowest BCUT2D eigenvalue weighted by Gasteiger charge is -2.11. The van der Waals surface area contributed by atoms with Gasteiger partial charge >= 0.3 is 0 Å². The Labute approximate surface area is 203 Å². The number of rotatable bonds is 7. The average Bonchev–Trinajstić information content (AvgIpc) is 2.79. The number of ether oxygens (including phenoxy) is 1. The second-order valence-electron chi connectivity index (χ2n) is 6.98. The van der Waals surface area contributed by atoms with Crippen LogP contribution in [0.4, 0.5) is 11.4 Å². The molecule has 7 nitrogen and oxygen atoms in total. The molecule has 0 bridgehead atoms. The van der Waals surface area contributed by atoms with Crippen molar-refractivity contribution < 1.29 is 14.5 Å². The Kier molecular flexibility index (Phi) is 7.83. The lowest BCUT2D eigenvalue weighted by molar-refractivity contribution is -0.384. The van der Waals surface area contributed by atoms with Crippen molar-refractivity contribution in [3.05, 3.63) is 103 Å². The number of nitro benzene ring substituents is 1. The maximum atomic E-state index is 12.7. The maximum absolute atomic E-state index is 12.7. The molecule has 1 amide bonds. The minimum atomic E-state index is -0.641. The zero-order valence-electron chi connectivity index (χ0n) is 17.3. The number of amides is 1. The number of hydrogen-bond donors (Lipinski definition) is 1. The third-order valence-corrected chi connectivity index (χ3v) is 5.36. The number of anilines is 1. The van der Waals surface area contributed by atoms with Crippen LogP contribution in [0.15, 0.2) is 70.7 Å². The molecule has 0 unspecified atom stereocenters. The first-order valence-corrected chi connectivity index (χ1v) is 10.8. The van der Waals surface area contributed by atoms with Gasteiger partial charge in [-0.2, -0.15) is 5.26 Å². The highest BCUT2D eigenvalue weighted by atomic mass is 79.9. The van der Waals surface area contributed by atoms with E-state index in [2.05, 4.69) is 21.2 Å². The maximum Gasteiger partial charge on any atom is 0.269 e. The van der Waals surface area contributed by atoms with E-state index >= 15 is 0 Å². The highest BCUT2D eigenvalue weighted by molar-refractivity contribution is 9.10. The van der Waals surface area contributed by atoms with Gasteiger partial charge in [0.05, 0.1) is 4.92 Å². The van der Waals surface area contributed by atoms with Crippen molar-refractivity contribution in [3.8, 4) is 11.8 Å². The van der Waals surface area contributed by atoms with E-state index in [1.54, 1.807) is 37.3 Å². The number of halogens is 2. The van der Waals surface area contributed by atoms with Gasteiger partial charge in [0.25, 0.3) is 11.6 Å². The summed E-state index contributed by atoms with van der Waals surface area (Å²) >= 11 is 9.30. The summed E-state index contributed by atoms with van der Waals surface area (Å²) in [5.41, 5.74) is 2.08. The summed E-state index contributed by atoms with van der Waals surface area (Å²) in [6.45, 7) is 1.91. The molecule has 0 heterocycles. The Morgan fingerprint density at radius 2 is 1.94 bits per heavy atom. The molecule has 1 N–H and O–H groups in total. The molecule has 33 heavy (non-hydrogen) atoms. The van der Waals surface area contributed by atoms with Gasteiger partial charge in [-0.1, -0.05) is 39.7 Å². The van der Waals surface area contributed by atoms with Crippen LogP contribution < -0.4 is 10.1 Å². The van der Waals surface area contributed by atoms with Crippen molar-refractivity contribution in [2.45, 2.75) is 13.5 Å². The first kappa shape index (κ1) is 24.0. The van der Waals surface area contributed by atoms with E-state index < -0.39 is 10.8 Å². The summed E-state index contributed by atoms with van der Waals surface area (Å²) in [4.78, 5) is 23.1. The molecule has 166 valence electrons. The number of benzene rings is 3. The van der Waals surface area contributed by atoms with Crippen molar-refractivity contribution in [1.82, 2.24) is 0 Å². The van der Waals surface area contributed by atoms with Crippen LogP contribution in [0.2, 0.25) is 5.02 Å². The molecule has 0 aromatic heterocycles. The molecule has 3 aromatic rings. The smallest absolute Gasteiger partial charge is 0.269 e. The Bertz CT molecular complexity index is 1280. The average molecular weight is 527 g/mol. The summed E-state index contributed by atoms with van der Waals surface area (Å²) in [6.07, 6.45) is 1.43. The van der Waals surface area contributed by atoms with E-state index in [1.165, 1.54) is 24.3 Å². The lowest BCUT2D eigenvalue weighted by Crippen LogP contribution is -2.14. The monoisotopic (exact) mass is 525 g/mol. The number of nitrogens with one attached hydrogen (secondary N) is 1. The van der Waals surface area contributed by atoms with Crippen LogP contribution >= 0.6 is 27.5 Å². The molecular weight excluding hydrogens is 510 g/mol. The number of aryl methyl sites for hydroxylation is 1. The van der Waals surface area contributed by atoms with E-state index in [0.29, 0.717) is 27.6 Å². The normalized spacial score (nSPS) is 10.9. The molecule has 0 spiro atoms. The predicted molar refractivity (Wildman–Crippen MR) is 130 cm³/mol. The van der Waals surface area contributed by atoms with Crippen LogP contribution in [-0.4, -0.2) is 10.8 Å². The van der Waals surface area contributed by atoms with Crippen molar-refractivity contribution in [3.63, 3.8) is 0 Å². The topological polar surface area (TPSA) is 105 Å². The first-order chi connectivity index (χ1) is 15.8. The number of nitriles is 1. The fraction of sp³-hybridized carbons (Fsp3) is 0.0833. The van der Waals surface area contributed by atoms with E-state index in [4.69, 9.17) is 16.3 Å². The fourth-order valence-corrected chi connectivity index (χ4v) is 3.41. The molecule has 9 heteroatoms. The first-order valence-electron chi connectivity index (χ1n) is 9.62.